The van der Waals surface area contributed by atoms with Crippen LogP contribution in [0.1, 0.15) is 36.5 Å². The fourth-order valence-corrected chi connectivity index (χ4v) is 3.46. The Morgan fingerprint density at radius 3 is 2.54 bits per heavy atom. The van der Waals surface area contributed by atoms with Gasteiger partial charge in [0.25, 0.3) is 0 Å². The summed E-state index contributed by atoms with van der Waals surface area (Å²) < 4.78 is 0. The van der Waals surface area contributed by atoms with E-state index in [0.717, 1.165) is 38.0 Å². The SMILES string of the molecule is O=c1ccc(CC2CCN(CC[C@H](O)c3ccccc3)CC2)c[nH]1. The summed E-state index contributed by atoms with van der Waals surface area (Å²) in [5.74, 6) is 0.686. The number of hydrogen-bond acceptors (Lipinski definition) is 3. The number of rotatable bonds is 6. The molecule has 0 radical (unpaired) electrons. The van der Waals surface area contributed by atoms with Gasteiger partial charge >= 0.3 is 0 Å². The first-order valence-corrected chi connectivity index (χ1v) is 8.83. The minimum absolute atomic E-state index is 0.0365. The van der Waals surface area contributed by atoms with E-state index in [1.807, 2.05) is 42.6 Å². The van der Waals surface area contributed by atoms with Gasteiger partial charge in [-0.15, -0.1) is 0 Å². The second-order valence-electron chi connectivity index (χ2n) is 6.77. The van der Waals surface area contributed by atoms with Gasteiger partial charge in [0, 0.05) is 18.8 Å². The maximum atomic E-state index is 11.1. The van der Waals surface area contributed by atoms with Crippen LogP contribution in [0.25, 0.3) is 0 Å². The summed E-state index contributed by atoms with van der Waals surface area (Å²) in [5.41, 5.74) is 2.18. The number of piperidine rings is 1. The Balaban J connectivity index is 1.40. The largest absolute Gasteiger partial charge is 0.388 e. The van der Waals surface area contributed by atoms with Crippen LogP contribution >= 0.6 is 0 Å². The zero-order chi connectivity index (χ0) is 16.8. The molecule has 2 N–H and O–H groups in total. The van der Waals surface area contributed by atoms with E-state index >= 15 is 0 Å². The molecule has 0 bridgehead atoms. The van der Waals surface area contributed by atoms with Gasteiger partial charge in [0.2, 0.25) is 5.56 Å². The number of likely N-dealkylation sites (tertiary alicyclic amines) is 1. The molecule has 24 heavy (non-hydrogen) atoms. The number of hydrogen-bond donors (Lipinski definition) is 2. The summed E-state index contributed by atoms with van der Waals surface area (Å²) in [4.78, 5) is 16.3. The van der Waals surface area contributed by atoms with Gasteiger partial charge in [-0.3, -0.25) is 4.79 Å². The van der Waals surface area contributed by atoms with E-state index < -0.39 is 0 Å². The van der Waals surface area contributed by atoms with Crippen LogP contribution in [0.5, 0.6) is 0 Å². The number of aliphatic hydroxyl groups excluding tert-OH is 1. The third-order valence-electron chi connectivity index (χ3n) is 4.98. The number of aliphatic hydroxyl groups is 1. The number of H-pyrrole nitrogens is 1. The average Bonchev–Trinajstić information content (AvgIpc) is 2.63. The maximum Gasteiger partial charge on any atom is 0.247 e. The van der Waals surface area contributed by atoms with E-state index in [9.17, 15) is 9.90 Å². The molecule has 4 nitrogen and oxygen atoms in total. The van der Waals surface area contributed by atoms with Crippen LogP contribution in [0.4, 0.5) is 0 Å². The van der Waals surface area contributed by atoms with Gasteiger partial charge in [0.1, 0.15) is 0 Å². The Labute approximate surface area is 143 Å². The number of nitrogens with zero attached hydrogens (tertiary/aromatic N) is 1. The van der Waals surface area contributed by atoms with E-state index in [1.165, 1.54) is 18.4 Å². The lowest BCUT2D eigenvalue weighted by Crippen LogP contribution is -2.35. The minimum Gasteiger partial charge on any atom is -0.388 e. The van der Waals surface area contributed by atoms with Crippen molar-refractivity contribution in [3.63, 3.8) is 0 Å². The number of aromatic nitrogens is 1. The van der Waals surface area contributed by atoms with Crippen molar-refractivity contribution in [3.05, 3.63) is 70.1 Å². The van der Waals surface area contributed by atoms with Crippen LogP contribution < -0.4 is 5.56 Å². The zero-order valence-electron chi connectivity index (χ0n) is 14.0. The lowest BCUT2D eigenvalue weighted by atomic mass is 9.90. The van der Waals surface area contributed by atoms with E-state index in [4.69, 9.17) is 0 Å². The Hall–Kier alpha value is -1.91. The van der Waals surface area contributed by atoms with Crippen molar-refractivity contribution < 1.29 is 5.11 Å². The monoisotopic (exact) mass is 326 g/mol. The predicted octanol–water partition coefficient (Wildman–Crippen LogP) is 2.75. The first kappa shape index (κ1) is 16.9. The van der Waals surface area contributed by atoms with Crippen LogP contribution in [-0.4, -0.2) is 34.6 Å². The molecular weight excluding hydrogens is 300 g/mol. The highest BCUT2D eigenvalue weighted by Crippen LogP contribution is 2.23. The van der Waals surface area contributed by atoms with Crippen LogP contribution in [0.2, 0.25) is 0 Å². The van der Waals surface area contributed by atoms with Crippen molar-refractivity contribution in [3.8, 4) is 0 Å². The first-order chi connectivity index (χ1) is 11.7. The molecule has 4 heteroatoms. The standard InChI is InChI=1S/C20H26N2O2/c23-19(18-4-2-1-3-5-18)10-13-22-11-8-16(9-12-22)14-17-6-7-20(24)21-15-17/h1-7,15-16,19,23H,8-14H2,(H,21,24)/t19-/m0/s1. The number of pyridine rings is 1. The molecule has 1 aliphatic heterocycles. The molecular formula is C20H26N2O2. The van der Waals surface area contributed by atoms with Gasteiger partial charge < -0.3 is 15.0 Å². The van der Waals surface area contributed by atoms with Gasteiger partial charge in [0.05, 0.1) is 6.10 Å². The Bertz CT molecular complexity index is 655. The topological polar surface area (TPSA) is 56.3 Å². The number of aromatic amines is 1. The van der Waals surface area contributed by atoms with Crippen molar-refractivity contribution in [2.75, 3.05) is 19.6 Å². The smallest absolute Gasteiger partial charge is 0.247 e. The van der Waals surface area contributed by atoms with E-state index in [-0.39, 0.29) is 11.7 Å². The predicted molar refractivity (Wildman–Crippen MR) is 95.9 cm³/mol. The number of nitrogens with one attached hydrogen (secondary N) is 1. The van der Waals surface area contributed by atoms with Gasteiger partial charge in [-0.2, -0.15) is 0 Å². The molecule has 0 unspecified atom stereocenters. The van der Waals surface area contributed by atoms with E-state index in [1.54, 1.807) is 6.07 Å². The summed E-state index contributed by atoms with van der Waals surface area (Å²) in [6.45, 7) is 3.13. The summed E-state index contributed by atoms with van der Waals surface area (Å²) >= 11 is 0. The highest BCUT2D eigenvalue weighted by molar-refractivity contribution is 5.17. The molecule has 1 saturated heterocycles. The van der Waals surface area contributed by atoms with Crippen LogP contribution in [-0.2, 0) is 6.42 Å². The Kier molecular flexibility index (Phi) is 5.83. The zero-order valence-corrected chi connectivity index (χ0v) is 14.0. The summed E-state index contributed by atoms with van der Waals surface area (Å²) in [7, 11) is 0. The second kappa shape index (κ2) is 8.27. The molecule has 1 aliphatic rings. The molecule has 1 aromatic carbocycles. The summed E-state index contributed by atoms with van der Waals surface area (Å²) in [6.07, 6.45) is 5.66. The highest BCUT2D eigenvalue weighted by atomic mass is 16.3. The second-order valence-corrected chi connectivity index (χ2v) is 6.77. The summed E-state index contributed by atoms with van der Waals surface area (Å²) in [5, 5.41) is 10.3. The minimum atomic E-state index is -0.370. The van der Waals surface area contributed by atoms with Crippen LogP contribution in [0.15, 0.2) is 53.5 Å². The Morgan fingerprint density at radius 1 is 1.12 bits per heavy atom. The fraction of sp³-hybridized carbons (Fsp3) is 0.450. The molecule has 0 spiro atoms. The third kappa shape index (κ3) is 4.79. The van der Waals surface area contributed by atoms with Gasteiger partial charge in [-0.25, -0.2) is 0 Å². The summed E-state index contributed by atoms with van der Waals surface area (Å²) in [6, 6.07) is 13.4. The van der Waals surface area contributed by atoms with Crippen molar-refractivity contribution in [2.24, 2.45) is 5.92 Å². The van der Waals surface area contributed by atoms with Crippen molar-refractivity contribution in [2.45, 2.75) is 31.8 Å². The molecule has 0 saturated carbocycles. The molecule has 3 rings (SSSR count). The molecule has 128 valence electrons. The molecule has 0 amide bonds. The van der Waals surface area contributed by atoms with Crippen LogP contribution in [0, 0.1) is 5.92 Å². The molecule has 1 atom stereocenters. The van der Waals surface area contributed by atoms with Crippen LogP contribution in [0.3, 0.4) is 0 Å². The molecule has 0 aliphatic carbocycles. The number of benzene rings is 1. The quantitative estimate of drug-likeness (QED) is 0.858. The molecule has 1 fully saturated rings. The van der Waals surface area contributed by atoms with Gasteiger partial charge in [-0.05, 0) is 55.8 Å². The molecule has 2 aromatic rings. The highest BCUT2D eigenvalue weighted by Gasteiger charge is 2.20. The van der Waals surface area contributed by atoms with Gasteiger partial charge in [0.15, 0.2) is 0 Å². The normalized spacial score (nSPS) is 17.7. The van der Waals surface area contributed by atoms with E-state index in [0.29, 0.717) is 5.92 Å². The maximum absolute atomic E-state index is 11.1. The van der Waals surface area contributed by atoms with E-state index in [2.05, 4.69) is 9.88 Å². The van der Waals surface area contributed by atoms with Crippen molar-refractivity contribution in [1.82, 2.24) is 9.88 Å². The third-order valence-corrected chi connectivity index (χ3v) is 4.98. The van der Waals surface area contributed by atoms with Crippen molar-refractivity contribution >= 4 is 0 Å². The lowest BCUT2D eigenvalue weighted by molar-refractivity contribution is 0.123. The lowest BCUT2D eigenvalue weighted by Gasteiger charge is -2.32. The van der Waals surface area contributed by atoms with Crippen molar-refractivity contribution in [1.29, 1.82) is 0 Å². The average molecular weight is 326 g/mol. The van der Waals surface area contributed by atoms with Gasteiger partial charge in [-0.1, -0.05) is 36.4 Å². The molecule has 2 heterocycles. The molecule has 1 aromatic heterocycles. The first-order valence-electron chi connectivity index (χ1n) is 8.83. The fourth-order valence-electron chi connectivity index (χ4n) is 3.46. The Morgan fingerprint density at radius 2 is 1.88 bits per heavy atom.